The number of benzene rings is 1. The highest BCUT2D eigenvalue weighted by molar-refractivity contribution is 6.31. The fourth-order valence-electron chi connectivity index (χ4n) is 5.06. The fourth-order valence-corrected chi connectivity index (χ4v) is 5.51. The number of aliphatic hydroxyl groups is 1. The summed E-state index contributed by atoms with van der Waals surface area (Å²) in [6.07, 6.45) is 2.43. The van der Waals surface area contributed by atoms with E-state index < -0.39 is 11.9 Å². The Morgan fingerprint density at radius 3 is 2.51 bits per heavy atom. The number of hydrogen-bond acceptors (Lipinski definition) is 5. The molecule has 6 nitrogen and oxygen atoms in total. The van der Waals surface area contributed by atoms with Crippen LogP contribution in [0.3, 0.4) is 0 Å². The van der Waals surface area contributed by atoms with Gasteiger partial charge < -0.3 is 5.11 Å². The fraction of sp³-hybridized carbons (Fsp3) is 0.286. The molecule has 9 heteroatoms. The van der Waals surface area contributed by atoms with E-state index in [2.05, 4.69) is 21.9 Å². The highest BCUT2D eigenvalue weighted by atomic mass is 35.5. The maximum Gasteiger partial charge on any atom is 0.274 e. The first-order chi connectivity index (χ1) is 17.6. The minimum Gasteiger partial charge on any atom is -0.385 e. The van der Waals surface area contributed by atoms with Crippen LogP contribution in [0.15, 0.2) is 53.6 Å². The van der Waals surface area contributed by atoms with Crippen LogP contribution in [-0.4, -0.2) is 24.6 Å². The van der Waals surface area contributed by atoms with Gasteiger partial charge in [-0.1, -0.05) is 36.2 Å². The van der Waals surface area contributed by atoms with Gasteiger partial charge in [-0.05, 0) is 85.5 Å². The molecule has 1 N–H and O–H groups in total. The van der Waals surface area contributed by atoms with Crippen molar-refractivity contribution in [1.82, 2.24) is 19.5 Å². The number of aromatic nitrogens is 4. The zero-order valence-corrected chi connectivity index (χ0v) is 22.2. The van der Waals surface area contributed by atoms with Crippen molar-refractivity contribution in [2.75, 3.05) is 0 Å². The Kier molecular flexibility index (Phi) is 6.64. The second kappa shape index (κ2) is 9.63. The molecular weight excluding hydrogens is 514 g/mol. The average molecular weight is 539 g/mol. The van der Waals surface area contributed by atoms with Gasteiger partial charge in [0.1, 0.15) is 16.9 Å². The molecule has 1 saturated carbocycles. The van der Waals surface area contributed by atoms with Crippen LogP contribution in [0.4, 0.5) is 4.39 Å². The molecule has 37 heavy (non-hydrogen) atoms. The van der Waals surface area contributed by atoms with Crippen LogP contribution in [0.2, 0.25) is 10.0 Å². The average Bonchev–Trinajstić information content (AvgIpc) is 3.54. The van der Waals surface area contributed by atoms with E-state index in [1.165, 1.54) is 6.07 Å². The van der Waals surface area contributed by atoms with Crippen LogP contribution < -0.4 is 5.56 Å². The SMILES string of the molecule is Cc1cnc(-c2ccnc(C(C)O)n2)cc1-n1c(C)cc(C2C(c3ccc(F)c(Cl)c3)[C@H]2C)c(Cl)c1=O. The van der Waals surface area contributed by atoms with Gasteiger partial charge in [-0.2, -0.15) is 0 Å². The molecule has 0 spiro atoms. The smallest absolute Gasteiger partial charge is 0.274 e. The van der Waals surface area contributed by atoms with Crippen molar-refractivity contribution in [3.05, 3.63) is 103 Å². The van der Waals surface area contributed by atoms with Gasteiger partial charge in [0.05, 0.1) is 22.1 Å². The predicted octanol–water partition coefficient (Wildman–Crippen LogP) is 6.32. The topological polar surface area (TPSA) is 80.9 Å². The molecule has 1 aromatic carbocycles. The van der Waals surface area contributed by atoms with E-state index in [1.54, 1.807) is 48.1 Å². The quantitative estimate of drug-likeness (QED) is 0.321. The molecule has 0 saturated heterocycles. The summed E-state index contributed by atoms with van der Waals surface area (Å²) in [6.45, 7) is 7.42. The lowest BCUT2D eigenvalue weighted by atomic mass is 10.0. The van der Waals surface area contributed by atoms with Crippen molar-refractivity contribution in [2.45, 2.75) is 45.6 Å². The summed E-state index contributed by atoms with van der Waals surface area (Å²) in [5, 5.41) is 10.1. The Balaban J connectivity index is 1.55. The number of hydrogen-bond donors (Lipinski definition) is 1. The molecule has 4 atom stereocenters. The lowest BCUT2D eigenvalue weighted by Crippen LogP contribution is -2.23. The number of aliphatic hydroxyl groups excluding tert-OH is 1. The first kappa shape index (κ1) is 25.5. The zero-order chi connectivity index (χ0) is 26.6. The Bertz CT molecular complexity index is 1590. The van der Waals surface area contributed by atoms with E-state index in [4.69, 9.17) is 23.2 Å². The minimum absolute atomic E-state index is 0.0316. The summed E-state index contributed by atoms with van der Waals surface area (Å²) in [5.41, 5.74) is 4.63. The van der Waals surface area contributed by atoms with Gasteiger partial charge in [-0.3, -0.25) is 14.3 Å². The molecule has 0 amide bonds. The summed E-state index contributed by atoms with van der Waals surface area (Å²) in [4.78, 5) is 26.6. The second-order valence-electron chi connectivity index (χ2n) is 9.61. The third-order valence-electron chi connectivity index (χ3n) is 7.05. The zero-order valence-electron chi connectivity index (χ0n) is 20.7. The lowest BCUT2D eigenvalue weighted by molar-refractivity contribution is 0.189. The van der Waals surface area contributed by atoms with E-state index in [0.717, 1.165) is 22.4 Å². The maximum absolute atomic E-state index is 13.7. The van der Waals surface area contributed by atoms with Crippen LogP contribution in [0.5, 0.6) is 0 Å². The standard InChI is InChI=1S/C28H25Cl2FN4O2/c1-13-12-33-22(21-7-8-32-27(34-21)16(4)36)11-23(13)35-14(2)9-18(26(30)28(35)37)25-15(3)24(25)17-5-6-20(31)19(29)10-17/h5-12,15-16,24-25,36H,1-4H3/t15-,16?,24?,25?/m1/s1. The van der Waals surface area contributed by atoms with Crippen LogP contribution in [0.25, 0.3) is 17.1 Å². The minimum atomic E-state index is -0.819. The summed E-state index contributed by atoms with van der Waals surface area (Å²) < 4.78 is 15.3. The van der Waals surface area contributed by atoms with Gasteiger partial charge >= 0.3 is 0 Å². The Morgan fingerprint density at radius 2 is 1.81 bits per heavy atom. The molecule has 5 rings (SSSR count). The van der Waals surface area contributed by atoms with Gasteiger partial charge in [-0.25, -0.2) is 14.4 Å². The third kappa shape index (κ3) is 4.56. The normalized spacial score (nSPS) is 19.6. The van der Waals surface area contributed by atoms with Crippen LogP contribution in [0, 0.1) is 25.6 Å². The van der Waals surface area contributed by atoms with Crippen LogP contribution >= 0.6 is 23.2 Å². The van der Waals surface area contributed by atoms with Crippen LogP contribution in [-0.2, 0) is 0 Å². The first-order valence-corrected chi connectivity index (χ1v) is 12.7. The van der Waals surface area contributed by atoms with Gasteiger partial charge in [-0.15, -0.1) is 0 Å². The number of pyridine rings is 2. The largest absolute Gasteiger partial charge is 0.385 e. The van der Waals surface area contributed by atoms with E-state index >= 15 is 0 Å². The number of rotatable bonds is 5. The van der Waals surface area contributed by atoms with Crippen molar-refractivity contribution in [3.63, 3.8) is 0 Å². The highest BCUT2D eigenvalue weighted by Crippen LogP contribution is 2.61. The molecular formula is C28H25Cl2FN4O2. The number of aryl methyl sites for hydroxylation is 2. The molecule has 0 radical (unpaired) electrons. The molecule has 1 fully saturated rings. The molecule has 3 heterocycles. The van der Waals surface area contributed by atoms with Crippen molar-refractivity contribution in [2.24, 2.45) is 5.92 Å². The van der Waals surface area contributed by atoms with E-state index in [-0.39, 0.29) is 39.2 Å². The van der Waals surface area contributed by atoms with E-state index in [9.17, 15) is 14.3 Å². The Morgan fingerprint density at radius 1 is 1.05 bits per heavy atom. The number of halogens is 3. The predicted molar refractivity (Wildman–Crippen MR) is 142 cm³/mol. The third-order valence-corrected chi connectivity index (χ3v) is 7.72. The van der Waals surface area contributed by atoms with Gasteiger partial charge in [0.25, 0.3) is 5.56 Å². The monoisotopic (exact) mass is 538 g/mol. The van der Waals surface area contributed by atoms with Crippen molar-refractivity contribution < 1.29 is 9.50 Å². The molecule has 1 aliphatic rings. The molecule has 3 unspecified atom stereocenters. The Labute approximate surface area is 223 Å². The first-order valence-electron chi connectivity index (χ1n) is 11.9. The molecule has 190 valence electrons. The van der Waals surface area contributed by atoms with Gasteiger partial charge in [0.2, 0.25) is 0 Å². The summed E-state index contributed by atoms with van der Waals surface area (Å²) in [5.74, 6) is 0.189. The van der Waals surface area contributed by atoms with Crippen molar-refractivity contribution in [3.8, 4) is 17.1 Å². The van der Waals surface area contributed by atoms with Crippen molar-refractivity contribution >= 4 is 23.2 Å². The lowest BCUT2D eigenvalue weighted by Gasteiger charge is -2.17. The summed E-state index contributed by atoms with van der Waals surface area (Å²) >= 11 is 12.7. The second-order valence-corrected chi connectivity index (χ2v) is 10.4. The van der Waals surface area contributed by atoms with Crippen LogP contribution in [0.1, 0.15) is 60.0 Å². The van der Waals surface area contributed by atoms with E-state index in [0.29, 0.717) is 17.1 Å². The summed E-state index contributed by atoms with van der Waals surface area (Å²) in [6, 6.07) is 10.2. The van der Waals surface area contributed by atoms with Gasteiger partial charge in [0.15, 0.2) is 5.82 Å². The molecule has 4 aromatic rings. The molecule has 0 aliphatic heterocycles. The molecule has 0 bridgehead atoms. The molecule has 3 aromatic heterocycles. The van der Waals surface area contributed by atoms with Gasteiger partial charge in [0, 0.05) is 18.1 Å². The number of nitrogens with zero attached hydrogens (tertiary/aromatic N) is 4. The van der Waals surface area contributed by atoms with Crippen molar-refractivity contribution in [1.29, 1.82) is 0 Å². The van der Waals surface area contributed by atoms with E-state index in [1.807, 2.05) is 19.9 Å². The summed E-state index contributed by atoms with van der Waals surface area (Å²) in [7, 11) is 0. The maximum atomic E-state index is 13.7. The highest BCUT2D eigenvalue weighted by Gasteiger charge is 2.49. The molecule has 1 aliphatic carbocycles. The Hall–Kier alpha value is -3.13.